The number of thiophene rings is 1. The molecule has 0 saturated carbocycles. The minimum absolute atomic E-state index is 0.000449. The summed E-state index contributed by atoms with van der Waals surface area (Å²) in [5, 5.41) is 5.17. The van der Waals surface area contributed by atoms with Crippen molar-refractivity contribution in [2.45, 2.75) is 58.0 Å². The molecular formula is C27H34N4O3S. The number of nitrogens with one attached hydrogen (secondary N) is 1. The third kappa shape index (κ3) is 4.68. The van der Waals surface area contributed by atoms with Crippen molar-refractivity contribution in [2.24, 2.45) is 5.92 Å². The van der Waals surface area contributed by atoms with Gasteiger partial charge in [0.1, 0.15) is 12.6 Å². The van der Waals surface area contributed by atoms with E-state index in [1.54, 1.807) is 16.2 Å². The van der Waals surface area contributed by atoms with E-state index in [2.05, 4.69) is 24.1 Å². The van der Waals surface area contributed by atoms with E-state index in [4.69, 9.17) is 0 Å². The summed E-state index contributed by atoms with van der Waals surface area (Å²) in [7, 11) is 0. The molecule has 2 atom stereocenters. The van der Waals surface area contributed by atoms with Crippen LogP contribution in [0.2, 0.25) is 0 Å². The Morgan fingerprint density at radius 2 is 1.83 bits per heavy atom. The number of nitrogens with zero attached hydrogens (tertiary/aromatic N) is 3. The van der Waals surface area contributed by atoms with Crippen LogP contribution in [0, 0.1) is 5.92 Å². The summed E-state index contributed by atoms with van der Waals surface area (Å²) in [5.41, 5.74) is 2.20. The smallest absolute Gasteiger partial charge is 0.253 e. The van der Waals surface area contributed by atoms with Gasteiger partial charge in [-0.05, 0) is 67.7 Å². The maximum atomic E-state index is 13.7. The van der Waals surface area contributed by atoms with E-state index in [0.29, 0.717) is 11.3 Å². The first kappa shape index (κ1) is 23.9. The summed E-state index contributed by atoms with van der Waals surface area (Å²) in [5.74, 6) is -0.00627. The zero-order chi connectivity index (χ0) is 24.5. The highest BCUT2D eigenvalue weighted by Crippen LogP contribution is 2.40. The Bertz CT molecular complexity index is 1090. The zero-order valence-corrected chi connectivity index (χ0v) is 21.4. The molecule has 7 nitrogen and oxygen atoms in total. The number of amides is 3. The van der Waals surface area contributed by atoms with E-state index in [1.165, 1.54) is 0 Å². The topological polar surface area (TPSA) is 73.0 Å². The summed E-state index contributed by atoms with van der Waals surface area (Å²) in [4.78, 5) is 46.8. The molecule has 3 aliphatic rings. The third-order valence-corrected chi connectivity index (χ3v) is 8.36. The predicted molar refractivity (Wildman–Crippen MR) is 139 cm³/mol. The van der Waals surface area contributed by atoms with E-state index < -0.39 is 0 Å². The van der Waals surface area contributed by atoms with Gasteiger partial charge in [-0.15, -0.1) is 11.3 Å². The molecule has 35 heavy (non-hydrogen) atoms. The molecule has 4 heterocycles. The SMILES string of the molecule is CC(C)[C@H](NC(=O)CN1C(=O)[C@@H]2CCCCN2c2ccc(C(=O)N3CCCC3)cc21)c1cccs1. The Balaban J connectivity index is 1.44. The van der Waals surface area contributed by atoms with Crippen molar-refractivity contribution in [1.82, 2.24) is 10.2 Å². The Labute approximate surface area is 211 Å². The molecule has 0 spiro atoms. The van der Waals surface area contributed by atoms with Crippen LogP contribution in [0.1, 0.15) is 67.2 Å². The predicted octanol–water partition coefficient (Wildman–Crippen LogP) is 4.20. The van der Waals surface area contributed by atoms with Crippen molar-refractivity contribution in [1.29, 1.82) is 0 Å². The normalized spacial score (nSPS) is 20.6. The molecule has 0 unspecified atom stereocenters. The molecule has 2 aromatic rings. The van der Waals surface area contributed by atoms with Crippen LogP contribution < -0.4 is 15.1 Å². The van der Waals surface area contributed by atoms with Gasteiger partial charge in [-0.2, -0.15) is 0 Å². The van der Waals surface area contributed by atoms with Crippen LogP contribution in [0.4, 0.5) is 11.4 Å². The van der Waals surface area contributed by atoms with Gasteiger partial charge in [0.15, 0.2) is 0 Å². The van der Waals surface area contributed by atoms with E-state index in [-0.39, 0.29) is 42.3 Å². The summed E-state index contributed by atoms with van der Waals surface area (Å²) < 4.78 is 0. The van der Waals surface area contributed by atoms with E-state index in [1.807, 2.05) is 40.6 Å². The Kier molecular flexibility index (Phi) is 6.82. The fourth-order valence-electron chi connectivity index (χ4n) is 5.55. The van der Waals surface area contributed by atoms with Crippen molar-refractivity contribution in [3.8, 4) is 0 Å². The van der Waals surface area contributed by atoms with Gasteiger partial charge in [-0.3, -0.25) is 19.3 Å². The third-order valence-electron chi connectivity index (χ3n) is 7.40. The number of hydrogen-bond donors (Lipinski definition) is 1. The van der Waals surface area contributed by atoms with Crippen LogP contribution in [0.3, 0.4) is 0 Å². The van der Waals surface area contributed by atoms with Crippen molar-refractivity contribution < 1.29 is 14.4 Å². The molecule has 8 heteroatoms. The fourth-order valence-corrected chi connectivity index (χ4v) is 6.50. The average Bonchev–Trinajstić information content (AvgIpc) is 3.59. The molecule has 3 amide bonds. The summed E-state index contributed by atoms with van der Waals surface area (Å²) in [6.07, 6.45) is 4.88. The van der Waals surface area contributed by atoms with Crippen LogP contribution in [0.5, 0.6) is 0 Å². The first-order chi connectivity index (χ1) is 16.9. The molecular weight excluding hydrogens is 460 g/mol. The molecule has 1 aromatic carbocycles. The van der Waals surface area contributed by atoms with Crippen molar-refractivity contribution in [3.63, 3.8) is 0 Å². The molecule has 1 N–H and O–H groups in total. The molecule has 186 valence electrons. The van der Waals surface area contributed by atoms with Crippen LogP contribution >= 0.6 is 11.3 Å². The summed E-state index contributed by atoms with van der Waals surface area (Å²) in [6, 6.07) is 9.35. The Morgan fingerprint density at radius 1 is 1.06 bits per heavy atom. The van der Waals surface area contributed by atoms with E-state index >= 15 is 0 Å². The largest absolute Gasteiger partial charge is 0.358 e. The molecule has 5 rings (SSSR count). The fraction of sp³-hybridized carbons (Fsp3) is 0.519. The van der Waals surface area contributed by atoms with Gasteiger partial charge in [0, 0.05) is 30.1 Å². The maximum absolute atomic E-state index is 13.7. The highest BCUT2D eigenvalue weighted by atomic mass is 32.1. The first-order valence-corrected chi connectivity index (χ1v) is 13.7. The average molecular weight is 495 g/mol. The lowest BCUT2D eigenvalue weighted by atomic mass is 9.95. The lowest BCUT2D eigenvalue weighted by molar-refractivity contribution is -0.125. The van der Waals surface area contributed by atoms with Gasteiger partial charge in [0.2, 0.25) is 11.8 Å². The highest BCUT2D eigenvalue weighted by molar-refractivity contribution is 7.10. The number of likely N-dealkylation sites (tertiary alicyclic amines) is 1. The number of anilines is 2. The van der Waals surface area contributed by atoms with E-state index in [0.717, 1.165) is 62.3 Å². The van der Waals surface area contributed by atoms with Gasteiger partial charge in [-0.25, -0.2) is 0 Å². The number of fused-ring (bicyclic) bond motifs is 3. The van der Waals surface area contributed by atoms with E-state index in [9.17, 15) is 14.4 Å². The minimum atomic E-state index is -0.248. The second kappa shape index (κ2) is 10.0. The second-order valence-corrected chi connectivity index (χ2v) is 11.1. The quantitative estimate of drug-likeness (QED) is 0.653. The maximum Gasteiger partial charge on any atom is 0.253 e. The minimum Gasteiger partial charge on any atom is -0.358 e. The molecule has 2 saturated heterocycles. The van der Waals surface area contributed by atoms with Gasteiger partial charge in [0.05, 0.1) is 17.4 Å². The summed E-state index contributed by atoms with van der Waals surface area (Å²) >= 11 is 1.62. The van der Waals surface area contributed by atoms with Crippen molar-refractivity contribution >= 4 is 40.4 Å². The molecule has 1 aromatic heterocycles. The molecule has 0 aliphatic carbocycles. The lowest BCUT2D eigenvalue weighted by Crippen LogP contribution is -2.57. The van der Waals surface area contributed by atoms with Gasteiger partial charge in [0.25, 0.3) is 5.91 Å². The number of piperidine rings is 1. The number of hydrogen-bond acceptors (Lipinski definition) is 5. The standard InChI is InChI=1S/C27H34N4O3S/c1-18(2)25(23-9-7-15-35-23)28-24(32)17-31-22-16-19(26(33)29-12-5-6-13-29)10-11-20(22)30-14-4-3-8-21(30)27(31)34/h7,9-11,15-16,18,21,25H,3-6,8,12-14,17H2,1-2H3,(H,28,32)/t21-,25-/m0/s1. The Morgan fingerprint density at radius 3 is 2.54 bits per heavy atom. The monoisotopic (exact) mass is 494 g/mol. The van der Waals surface area contributed by atoms with Crippen molar-refractivity contribution in [3.05, 3.63) is 46.2 Å². The highest BCUT2D eigenvalue weighted by Gasteiger charge is 2.40. The van der Waals surface area contributed by atoms with Crippen LogP contribution in [-0.2, 0) is 9.59 Å². The number of benzene rings is 1. The molecule has 0 bridgehead atoms. The van der Waals surface area contributed by atoms with Crippen LogP contribution in [0.15, 0.2) is 35.7 Å². The van der Waals surface area contributed by atoms with Gasteiger partial charge >= 0.3 is 0 Å². The number of carbonyl (C=O) groups excluding carboxylic acids is 3. The van der Waals surface area contributed by atoms with Crippen LogP contribution in [0.25, 0.3) is 0 Å². The molecule has 0 radical (unpaired) electrons. The Hall–Kier alpha value is -2.87. The van der Waals surface area contributed by atoms with Crippen LogP contribution in [-0.4, -0.2) is 54.8 Å². The lowest BCUT2D eigenvalue weighted by Gasteiger charge is -2.45. The van der Waals surface area contributed by atoms with Gasteiger partial charge < -0.3 is 15.1 Å². The second-order valence-electron chi connectivity index (χ2n) is 10.1. The number of rotatable bonds is 6. The molecule has 2 fully saturated rings. The van der Waals surface area contributed by atoms with Gasteiger partial charge in [-0.1, -0.05) is 19.9 Å². The summed E-state index contributed by atoms with van der Waals surface area (Å²) in [6.45, 7) is 6.48. The first-order valence-electron chi connectivity index (χ1n) is 12.8. The van der Waals surface area contributed by atoms with Crippen molar-refractivity contribution in [2.75, 3.05) is 36.0 Å². The molecule has 3 aliphatic heterocycles. The number of carbonyl (C=O) groups is 3. The zero-order valence-electron chi connectivity index (χ0n) is 20.5.